The molecule has 2 aromatic carbocycles. The fraction of sp³-hybridized carbons (Fsp3) is 0.125. The average Bonchev–Trinajstić information content (AvgIpc) is 2.46. The summed E-state index contributed by atoms with van der Waals surface area (Å²) in [5.74, 6) is 0.576. The molecule has 0 unspecified atom stereocenters. The molecule has 0 aliphatic heterocycles. The Hall–Kier alpha value is -1.84. The lowest BCUT2D eigenvalue weighted by atomic mass is 10.2. The van der Waals surface area contributed by atoms with Crippen molar-refractivity contribution in [2.24, 2.45) is 0 Å². The lowest BCUT2D eigenvalue weighted by Gasteiger charge is -2.13. The molecular weight excluding hydrogens is 305 g/mol. The Kier molecular flexibility index (Phi) is 3.70. The Balaban J connectivity index is 2.18. The number of aromatic nitrogens is 2. The van der Waals surface area contributed by atoms with Crippen molar-refractivity contribution in [2.75, 3.05) is 19.0 Å². The predicted octanol–water partition coefficient (Wildman–Crippen LogP) is 4.67. The van der Waals surface area contributed by atoms with Gasteiger partial charge in [0.1, 0.15) is 5.15 Å². The van der Waals surface area contributed by atoms with Crippen molar-refractivity contribution in [1.82, 2.24) is 9.97 Å². The molecule has 21 heavy (non-hydrogen) atoms. The molecule has 1 heterocycles. The van der Waals surface area contributed by atoms with Gasteiger partial charge in [0.05, 0.1) is 5.52 Å². The maximum atomic E-state index is 6.33. The van der Waals surface area contributed by atoms with Crippen LogP contribution in [0.25, 0.3) is 22.3 Å². The van der Waals surface area contributed by atoms with E-state index in [0.717, 1.165) is 22.2 Å². The second kappa shape index (κ2) is 5.51. The van der Waals surface area contributed by atoms with Crippen molar-refractivity contribution < 1.29 is 0 Å². The molecule has 0 saturated carbocycles. The van der Waals surface area contributed by atoms with E-state index in [1.807, 2.05) is 61.5 Å². The highest BCUT2D eigenvalue weighted by Crippen LogP contribution is 2.28. The van der Waals surface area contributed by atoms with Crippen LogP contribution < -0.4 is 4.90 Å². The topological polar surface area (TPSA) is 29.0 Å². The van der Waals surface area contributed by atoms with E-state index >= 15 is 0 Å². The first-order valence-electron chi connectivity index (χ1n) is 6.45. The van der Waals surface area contributed by atoms with E-state index in [1.165, 1.54) is 0 Å². The monoisotopic (exact) mass is 317 g/mol. The van der Waals surface area contributed by atoms with Crippen molar-refractivity contribution in [3.8, 4) is 11.4 Å². The quantitative estimate of drug-likeness (QED) is 0.643. The minimum Gasteiger partial charge on any atom is -0.378 e. The third-order valence-corrected chi connectivity index (χ3v) is 3.76. The molecule has 0 spiro atoms. The van der Waals surface area contributed by atoms with Crippen LogP contribution in [0.2, 0.25) is 10.2 Å². The van der Waals surface area contributed by atoms with E-state index in [2.05, 4.69) is 9.97 Å². The van der Waals surface area contributed by atoms with Gasteiger partial charge in [0.2, 0.25) is 0 Å². The minimum absolute atomic E-state index is 0.443. The number of rotatable bonds is 2. The number of hydrogen-bond acceptors (Lipinski definition) is 3. The molecule has 106 valence electrons. The summed E-state index contributed by atoms with van der Waals surface area (Å²) in [5, 5.41) is 1.93. The molecule has 0 saturated heterocycles. The van der Waals surface area contributed by atoms with E-state index in [-0.39, 0.29) is 0 Å². The highest BCUT2D eigenvalue weighted by atomic mass is 35.5. The molecule has 0 radical (unpaired) electrons. The van der Waals surface area contributed by atoms with Gasteiger partial charge in [-0.25, -0.2) is 9.97 Å². The zero-order chi connectivity index (χ0) is 15.0. The first kappa shape index (κ1) is 14.1. The largest absolute Gasteiger partial charge is 0.378 e. The van der Waals surface area contributed by atoms with Crippen LogP contribution in [0.4, 0.5) is 5.69 Å². The first-order valence-corrected chi connectivity index (χ1v) is 7.21. The van der Waals surface area contributed by atoms with E-state index in [4.69, 9.17) is 23.2 Å². The van der Waals surface area contributed by atoms with E-state index < -0.39 is 0 Å². The Morgan fingerprint density at radius 2 is 1.76 bits per heavy atom. The summed E-state index contributed by atoms with van der Waals surface area (Å²) in [6.45, 7) is 0. The van der Waals surface area contributed by atoms with Crippen LogP contribution >= 0.6 is 23.2 Å². The molecule has 5 heteroatoms. The van der Waals surface area contributed by atoms with Gasteiger partial charge in [0.25, 0.3) is 0 Å². The van der Waals surface area contributed by atoms with Crippen molar-refractivity contribution in [2.45, 2.75) is 0 Å². The third kappa shape index (κ3) is 2.80. The van der Waals surface area contributed by atoms with Gasteiger partial charge in [0, 0.05) is 35.8 Å². The molecule has 0 bridgehead atoms. The maximum absolute atomic E-state index is 6.33. The summed E-state index contributed by atoms with van der Waals surface area (Å²) >= 11 is 12.3. The first-order chi connectivity index (χ1) is 10.0. The summed E-state index contributed by atoms with van der Waals surface area (Å²) in [6, 6.07) is 13.4. The van der Waals surface area contributed by atoms with Crippen molar-refractivity contribution >= 4 is 39.8 Å². The smallest absolute Gasteiger partial charge is 0.161 e. The lowest BCUT2D eigenvalue weighted by molar-refractivity contribution is 1.13. The average molecular weight is 318 g/mol. The minimum atomic E-state index is 0.443. The Morgan fingerprint density at radius 3 is 2.48 bits per heavy atom. The molecule has 3 nitrogen and oxygen atoms in total. The van der Waals surface area contributed by atoms with E-state index in [9.17, 15) is 0 Å². The Morgan fingerprint density at radius 1 is 0.952 bits per heavy atom. The molecule has 0 fully saturated rings. The van der Waals surface area contributed by atoms with Crippen LogP contribution in [0, 0.1) is 0 Å². The molecule has 0 aliphatic carbocycles. The van der Waals surface area contributed by atoms with Crippen molar-refractivity contribution in [1.29, 1.82) is 0 Å². The summed E-state index contributed by atoms with van der Waals surface area (Å²) in [4.78, 5) is 11.0. The standard InChI is InChI=1S/C16H13Cl2N3/c1-21(2)12-6-7-14-13(9-12)15(18)20-16(19-14)10-4-3-5-11(17)8-10/h3-9H,1-2H3. The zero-order valence-electron chi connectivity index (χ0n) is 11.6. The molecule has 0 aliphatic rings. The molecule has 0 N–H and O–H groups in total. The fourth-order valence-electron chi connectivity index (χ4n) is 2.11. The van der Waals surface area contributed by atoms with Gasteiger partial charge < -0.3 is 4.90 Å². The summed E-state index contributed by atoms with van der Waals surface area (Å²) in [6.07, 6.45) is 0. The van der Waals surface area contributed by atoms with Gasteiger partial charge in [-0.15, -0.1) is 0 Å². The van der Waals surface area contributed by atoms with Gasteiger partial charge in [0.15, 0.2) is 5.82 Å². The van der Waals surface area contributed by atoms with Gasteiger partial charge in [-0.05, 0) is 30.3 Å². The Labute approximate surface area is 133 Å². The van der Waals surface area contributed by atoms with Crippen LogP contribution in [-0.4, -0.2) is 24.1 Å². The molecule has 3 rings (SSSR count). The van der Waals surface area contributed by atoms with Gasteiger partial charge >= 0.3 is 0 Å². The summed E-state index contributed by atoms with van der Waals surface area (Å²) < 4.78 is 0. The van der Waals surface area contributed by atoms with Gasteiger partial charge in [-0.1, -0.05) is 35.3 Å². The molecule has 3 aromatic rings. The third-order valence-electron chi connectivity index (χ3n) is 3.23. The van der Waals surface area contributed by atoms with Crippen LogP contribution in [0.1, 0.15) is 0 Å². The van der Waals surface area contributed by atoms with Gasteiger partial charge in [-0.2, -0.15) is 0 Å². The zero-order valence-corrected chi connectivity index (χ0v) is 13.2. The highest BCUT2D eigenvalue weighted by molar-refractivity contribution is 6.34. The second-order valence-electron chi connectivity index (χ2n) is 4.94. The SMILES string of the molecule is CN(C)c1ccc2nc(-c3cccc(Cl)c3)nc(Cl)c2c1. The molecule has 1 aromatic heterocycles. The van der Waals surface area contributed by atoms with Crippen LogP contribution in [0.15, 0.2) is 42.5 Å². The molecular formula is C16H13Cl2N3. The number of halogens is 2. The van der Waals surface area contributed by atoms with Crippen LogP contribution in [0.3, 0.4) is 0 Å². The fourth-order valence-corrected chi connectivity index (χ4v) is 2.54. The summed E-state index contributed by atoms with van der Waals surface area (Å²) in [5.41, 5.74) is 2.72. The van der Waals surface area contributed by atoms with Crippen molar-refractivity contribution in [3.63, 3.8) is 0 Å². The van der Waals surface area contributed by atoms with E-state index in [0.29, 0.717) is 16.0 Å². The number of hydrogen-bond donors (Lipinski definition) is 0. The highest BCUT2D eigenvalue weighted by Gasteiger charge is 2.09. The van der Waals surface area contributed by atoms with Crippen LogP contribution in [-0.2, 0) is 0 Å². The summed E-state index contributed by atoms with van der Waals surface area (Å²) in [7, 11) is 3.96. The lowest BCUT2D eigenvalue weighted by Crippen LogP contribution is -2.08. The molecule has 0 amide bonds. The van der Waals surface area contributed by atoms with Gasteiger partial charge in [-0.3, -0.25) is 0 Å². The van der Waals surface area contributed by atoms with E-state index in [1.54, 1.807) is 0 Å². The van der Waals surface area contributed by atoms with Crippen molar-refractivity contribution in [3.05, 3.63) is 52.6 Å². The molecule has 0 atom stereocenters. The number of benzene rings is 2. The number of fused-ring (bicyclic) bond motifs is 1. The maximum Gasteiger partial charge on any atom is 0.161 e. The van der Waals surface area contributed by atoms with Crippen LogP contribution in [0.5, 0.6) is 0 Å². The number of nitrogens with zero attached hydrogens (tertiary/aromatic N) is 3. The normalized spacial score (nSPS) is 10.9. The number of anilines is 1. The predicted molar refractivity (Wildman–Crippen MR) is 89.3 cm³/mol. The Bertz CT molecular complexity index is 816. The second-order valence-corrected chi connectivity index (χ2v) is 5.74.